The molecule has 0 aromatic heterocycles. The molecule has 0 aliphatic heterocycles. The summed E-state index contributed by atoms with van der Waals surface area (Å²) in [6, 6.07) is 0. The molecule has 8 heavy (non-hydrogen) atoms. The molecule has 0 atom stereocenters. The standard InChI is InChI=1S/C4H8NO2.Co/c5-3-1-2-4(6)7;/h5H,1-3H2,(H,6,7);/q-1;+2/p-1. The molecule has 3 nitrogen and oxygen atoms in total. The molecule has 0 aromatic carbocycles. The van der Waals surface area contributed by atoms with E-state index in [0.29, 0.717) is 6.42 Å². The number of carboxylic acids is 1. The van der Waals surface area contributed by atoms with E-state index < -0.39 is 5.97 Å². The van der Waals surface area contributed by atoms with Gasteiger partial charge in [0.25, 0.3) is 0 Å². The molecule has 0 rings (SSSR count). The van der Waals surface area contributed by atoms with Gasteiger partial charge in [-0.2, -0.15) is 6.54 Å². The molecule has 0 heterocycles. The summed E-state index contributed by atoms with van der Waals surface area (Å²) in [4.78, 5) is 9.56. The van der Waals surface area contributed by atoms with E-state index in [1.54, 1.807) is 0 Å². The van der Waals surface area contributed by atoms with Gasteiger partial charge < -0.3 is 15.6 Å². The molecule has 0 aliphatic rings. The summed E-state index contributed by atoms with van der Waals surface area (Å²) < 4.78 is 0. The number of hydrogen-bond acceptors (Lipinski definition) is 2. The van der Waals surface area contributed by atoms with E-state index in [1.807, 2.05) is 0 Å². The van der Waals surface area contributed by atoms with Crippen molar-refractivity contribution in [2.24, 2.45) is 0 Å². The minimum atomic E-state index is -1.06. The third-order valence-electron chi connectivity index (χ3n) is 0.558. The van der Waals surface area contributed by atoms with Crippen LogP contribution >= 0.6 is 0 Å². The number of nitrogens with one attached hydrogen (secondary N) is 1. The van der Waals surface area contributed by atoms with Crippen LogP contribution in [-0.4, -0.2) is 12.5 Å². The van der Waals surface area contributed by atoms with Gasteiger partial charge in [-0.05, 0) is 6.42 Å². The normalized spacial score (nSPS) is 7.62. The molecule has 0 unspecified atom stereocenters. The van der Waals surface area contributed by atoms with Gasteiger partial charge in [-0.15, -0.1) is 0 Å². The van der Waals surface area contributed by atoms with Crippen molar-refractivity contribution in [3.8, 4) is 0 Å². The van der Waals surface area contributed by atoms with Crippen molar-refractivity contribution in [3.05, 3.63) is 5.73 Å². The molecule has 0 bridgehead atoms. The van der Waals surface area contributed by atoms with Crippen LogP contribution in [0.1, 0.15) is 12.8 Å². The van der Waals surface area contributed by atoms with E-state index in [4.69, 9.17) is 5.73 Å². The third kappa shape index (κ3) is 9.34. The molecule has 4 heteroatoms. The van der Waals surface area contributed by atoms with Gasteiger partial charge in [-0.1, -0.05) is 6.42 Å². The molecule has 0 aliphatic carbocycles. The van der Waals surface area contributed by atoms with Crippen molar-refractivity contribution in [2.45, 2.75) is 12.8 Å². The Morgan fingerprint density at radius 2 is 2.12 bits per heavy atom. The summed E-state index contributed by atoms with van der Waals surface area (Å²) in [6.45, 7) is 0.175. The second-order valence-corrected chi connectivity index (χ2v) is 1.23. The predicted molar refractivity (Wildman–Crippen MR) is 23.4 cm³/mol. The molecular weight excluding hydrogens is 153 g/mol. The maximum atomic E-state index is 9.56. The summed E-state index contributed by atoms with van der Waals surface area (Å²) in [7, 11) is 0. The molecule has 1 radical (unpaired) electrons. The molecular formula is C4H7CoNO2. The number of carbonyl (C=O) groups excluding carboxylic acids is 1. The van der Waals surface area contributed by atoms with Crippen LogP contribution in [-0.2, 0) is 21.6 Å². The first-order chi connectivity index (χ1) is 3.27. The summed E-state index contributed by atoms with van der Waals surface area (Å²) in [6.07, 6.45) is 0.422. The second-order valence-electron chi connectivity index (χ2n) is 1.23. The van der Waals surface area contributed by atoms with Crippen molar-refractivity contribution in [2.75, 3.05) is 6.54 Å². The van der Waals surface area contributed by atoms with E-state index in [2.05, 4.69) is 0 Å². The van der Waals surface area contributed by atoms with Gasteiger partial charge in [0, 0.05) is 5.97 Å². The Balaban J connectivity index is 0. The molecule has 0 fully saturated rings. The number of carbonyl (C=O) groups is 1. The van der Waals surface area contributed by atoms with Crippen molar-refractivity contribution in [3.63, 3.8) is 0 Å². The summed E-state index contributed by atoms with van der Waals surface area (Å²) in [5.74, 6) is -1.06. The molecule has 0 spiro atoms. The Hall–Kier alpha value is -0.0635. The zero-order valence-corrected chi connectivity index (χ0v) is 5.31. The predicted octanol–water partition coefficient (Wildman–Crippen LogP) is -0.434. The van der Waals surface area contributed by atoms with Gasteiger partial charge in [0.05, 0.1) is 0 Å². The van der Waals surface area contributed by atoms with Crippen LogP contribution in [0.4, 0.5) is 0 Å². The minimum absolute atomic E-state index is 0. The van der Waals surface area contributed by atoms with Crippen LogP contribution in [0, 0.1) is 0 Å². The zero-order chi connectivity index (χ0) is 5.70. The van der Waals surface area contributed by atoms with Crippen molar-refractivity contribution in [1.29, 1.82) is 0 Å². The average molecular weight is 160 g/mol. The number of carboxylic acid groups (broad SMARTS) is 1. The van der Waals surface area contributed by atoms with Crippen molar-refractivity contribution in [1.82, 2.24) is 0 Å². The van der Waals surface area contributed by atoms with Crippen molar-refractivity contribution >= 4 is 5.97 Å². The topological polar surface area (TPSA) is 63.9 Å². The Labute approximate surface area is 58.4 Å². The third-order valence-corrected chi connectivity index (χ3v) is 0.558. The molecule has 0 saturated carbocycles. The zero-order valence-electron chi connectivity index (χ0n) is 4.27. The summed E-state index contributed by atoms with van der Waals surface area (Å²) >= 11 is 0. The fourth-order valence-corrected chi connectivity index (χ4v) is 0.233. The smallest absolute Gasteiger partial charge is 0.677 e. The van der Waals surface area contributed by atoms with Crippen LogP contribution in [0.5, 0.6) is 0 Å². The molecule has 0 amide bonds. The van der Waals surface area contributed by atoms with Crippen LogP contribution < -0.4 is 5.11 Å². The van der Waals surface area contributed by atoms with E-state index in [-0.39, 0.29) is 29.7 Å². The minimum Gasteiger partial charge on any atom is -0.677 e. The first-order valence-corrected chi connectivity index (χ1v) is 2.12. The molecule has 0 aromatic rings. The fourth-order valence-electron chi connectivity index (χ4n) is 0.233. The number of aliphatic carboxylic acids is 1. The van der Waals surface area contributed by atoms with E-state index in [9.17, 15) is 9.90 Å². The van der Waals surface area contributed by atoms with Gasteiger partial charge >= 0.3 is 16.8 Å². The maximum absolute atomic E-state index is 9.56. The number of hydrogen-bond donors (Lipinski definition) is 0. The van der Waals surface area contributed by atoms with Gasteiger partial charge in [0.1, 0.15) is 0 Å². The summed E-state index contributed by atoms with van der Waals surface area (Å²) in [5, 5.41) is 9.56. The maximum Gasteiger partial charge on any atom is 2.00 e. The van der Waals surface area contributed by atoms with Gasteiger partial charge in [0.2, 0.25) is 0 Å². The Kier molecular flexibility index (Phi) is 9.40. The molecule has 1 N–H and O–H groups in total. The average Bonchev–Trinajstić information content (AvgIpc) is 1.61. The van der Waals surface area contributed by atoms with Crippen LogP contribution in [0.25, 0.3) is 5.73 Å². The quantitative estimate of drug-likeness (QED) is 0.562. The largest absolute Gasteiger partial charge is 2.00 e. The number of rotatable bonds is 3. The van der Waals surface area contributed by atoms with E-state index >= 15 is 0 Å². The first-order valence-electron chi connectivity index (χ1n) is 2.12. The van der Waals surface area contributed by atoms with Crippen LogP contribution in [0.3, 0.4) is 0 Å². The monoisotopic (exact) mass is 160 g/mol. The summed E-state index contributed by atoms with van der Waals surface area (Å²) in [5.41, 5.74) is 6.50. The second kappa shape index (κ2) is 6.94. The fraction of sp³-hybridized carbons (Fsp3) is 0.750. The van der Waals surface area contributed by atoms with Gasteiger partial charge in [-0.25, -0.2) is 0 Å². The Morgan fingerprint density at radius 1 is 1.62 bits per heavy atom. The Morgan fingerprint density at radius 3 is 2.25 bits per heavy atom. The van der Waals surface area contributed by atoms with E-state index in [0.717, 1.165) is 0 Å². The van der Waals surface area contributed by atoms with Crippen molar-refractivity contribution < 1.29 is 26.7 Å². The molecule has 49 valence electrons. The van der Waals surface area contributed by atoms with Crippen LogP contribution in [0.2, 0.25) is 0 Å². The first kappa shape index (κ1) is 10.8. The van der Waals surface area contributed by atoms with E-state index in [1.165, 1.54) is 0 Å². The Bertz CT molecular complexity index is 67.1. The van der Waals surface area contributed by atoms with Gasteiger partial charge in [-0.3, -0.25) is 0 Å². The van der Waals surface area contributed by atoms with Crippen LogP contribution in [0.15, 0.2) is 0 Å². The van der Waals surface area contributed by atoms with Gasteiger partial charge in [0.15, 0.2) is 0 Å². The SMILES string of the molecule is [Co+2].[NH-]CCCC(=O)[O-]. The molecule has 0 saturated heterocycles.